The lowest BCUT2D eigenvalue weighted by atomic mass is 10.1. The number of nitrogens with one attached hydrogen (secondary N) is 1. The van der Waals surface area contributed by atoms with Gasteiger partial charge in [0, 0.05) is 11.0 Å². The minimum Gasteiger partial charge on any atom is -0.356 e. The quantitative estimate of drug-likeness (QED) is 0.770. The smallest absolute Gasteiger partial charge is 0.248 e. The number of sulfone groups is 1. The van der Waals surface area contributed by atoms with Crippen LogP contribution in [0.1, 0.15) is 0 Å². The maximum atomic E-state index is 11.9. The van der Waals surface area contributed by atoms with E-state index in [9.17, 15) is 13.2 Å². The van der Waals surface area contributed by atoms with Gasteiger partial charge in [-0.3, -0.25) is 4.79 Å². The largest absolute Gasteiger partial charge is 0.356 e. The molecule has 1 fully saturated rings. The average molecular weight is 331 g/mol. The monoisotopic (exact) mass is 330 g/mol. The Morgan fingerprint density at radius 1 is 1.39 bits per heavy atom. The number of hydrogen-bond donors (Lipinski definition) is 1. The molecule has 1 aromatic carbocycles. The summed E-state index contributed by atoms with van der Waals surface area (Å²) in [5.74, 6) is -0.249. The molecule has 0 bridgehead atoms. The van der Waals surface area contributed by atoms with Crippen LogP contribution >= 0.6 is 15.9 Å². The van der Waals surface area contributed by atoms with Gasteiger partial charge in [0.25, 0.3) is 0 Å². The van der Waals surface area contributed by atoms with Crippen LogP contribution in [0.25, 0.3) is 0 Å². The third-order valence-electron chi connectivity index (χ3n) is 3.26. The molecule has 3 rings (SSSR count). The zero-order valence-electron chi connectivity index (χ0n) is 9.39. The fourth-order valence-corrected chi connectivity index (χ4v) is 4.18. The van der Waals surface area contributed by atoms with Gasteiger partial charge in [-0.2, -0.15) is 0 Å². The zero-order valence-corrected chi connectivity index (χ0v) is 11.8. The summed E-state index contributed by atoms with van der Waals surface area (Å²) < 4.78 is 24.1. The summed E-state index contributed by atoms with van der Waals surface area (Å²) in [5.41, 5.74) is 1.61. The molecule has 1 unspecified atom stereocenters. The van der Waals surface area contributed by atoms with Crippen molar-refractivity contribution in [1.82, 2.24) is 0 Å². The molecule has 1 N–H and O–H groups in total. The molecular weight excluding hydrogens is 320 g/mol. The van der Waals surface area contributed by atoms with E-state index in [1.807, 2.05) is 23.1 Å². The van der Waals surface area contributed by atoms with E-state index in [0.29, 0.717) is 6.54 Å². The first-order chi connectivity index (χ1) is 8.46. The average Bonchev–Trinajstić information content (AvgIpc) is 2.29. The number of halogens is 1. The molecule has 1 saturated heterocycles. The third kappa shape index (κ3) is 1.91. The summed E-state index contributed by atoms with van der Waals surface area (Å²) in [7, 11) is -3.11. The number of fused-ring (bicyclic) bond motifs is 3. The van der Waals surface area contributed by atoms with Gasteiger partial charge in [0.1, 0.15) is 6.04 Å². The number of carbonyl (C=O) groups excluding carboxylic acids is 1. The third-order valence-corrected chi connectivity index (χ3v) is 5.38. The molecule has 0 saturated carbocycles. The van der Waals surface area contributed by atoms with Gasteiger partial charge < -0.3 is 10.2 Å². The van der Waals surface area contributed by atoms with Crippen molar-refractivity contribution in [2.75, 3.05) is 28.3 Å². The minimum atomic E-state index is -3.11. The molecule has 1 aromatic rings. The van der Waals surface area contributed by atoms with Crippen LogP contribution in [-0.2, 0) is 14.6 Å². The van der Waals surface area contributed by atoms with E-state index in [-0.39, 0.29) is 17.4 Å². The number of rotatable bonds is 0. The summed E-state index contributed by atoms with van der Waals surface area (Å²) in [4.78, 5) is 13.8. The van der Waals surface area contributed by atoms with Crippen molar-refractivity contribution >= 4 is 43.0 Å². The molecule has 2 aliphatic rings. The van der Waals surface area contributed by atoms with E-state index in [0.717, 1.165) is 15.8 Å². The number of amides is 1. The summed E-state index contributed by atoms with van der Waals surface area (Å²) in [6, 6.07) is 4.96. The molecule has 18 heavy (non-hydrogen) atoms. The first kappa shape index (κ1) is 12.0. The van der Waals surface area contributed by atoms with E-state index >= 15 is 0 Å². The number of benzene rings is 1. The highest BCUT2D eigenvalue weighted by Crippen LogP contribution is 2.36. The predicted octanol–water partition coefficient (Wildman–Crippen LogP) is 1.00. The Bertz CT molecular complexity index is 629. The van der Waals surface area contributed by atoms with Crippen molar-refractivity contribution in [1.29, 1.82) is 0 Å². The number of hydrogen-bond acceptors (Lipinski definition) is 4. The maximum Gasteiger partial charge on any atom is 0.248 e. The Kier molecular flexibility index (Phi) is 2.63. The molecule has 2 heterocycles. The number of anilines is 2. The molecule has 1 atom stereocenters. The molecule has 96 valence electrons. The van der Waals surface area contributed by atoms with Gasteiger partial charge in [-0.1, -0.05) is 15.9 Å². The molecule has 0 aliphatic carbocycles. The lowest BCUT2D eigenvalue weighted by molar-refractivity contribution is -0.117. The molecule has 2 aliphatic heterocycles. The van der Waals surface area contributed by atoms with Crippen molar-refractivity contribution in [3.63, 3.8) is 0 Å². The summed E-state index contributed by atoms with van der Waals surface area (Å²) in [5, 5.41) is 2.76. The first-order valence-corrected chi connectivity index (χ1v) is 8.15. The summed E-state index contributed by atoms with van der Waals surface area (Å²) in [6.07, 6.45) is 0. The van der Waals surface area contributed by atoms with Crippen molar-refractivity contribution in [3.05, 3.63) is 22.7 Å². The van der Waals surface area contributed by atoms with Gasteiger partial charge in [0.2, 0.25) is 5.91 Å². The Morgan fingerprint density at radius 3 is 2.94 bits per heavy atom. The molecule has 0 aromatic heterocycles. The van der Waals surface area contributed by atoms with Gasteiger partial charge in [-0.25, -0.2) is 8.42 Å². The zero-order chi connectivity index (χ0) is 12.9. The minimum absolute atomic E-state index is 0.0999. The summed E-state index contributed by atoms with van der Waals surface area (Å²) in [6.45, 7) is 0.365. The first-order valence-electron chi connectivity index (χ1n) is 5.54. The highest BCUT2D eigenvalue weighted by Gasteiger charge is 2.40. The molecule has 0 spiro atoms. The van der Waals surface area contributed by atoms with Gasteiger partial charge in [-0.15, -0.1) is 0 Å². The Labute approximate surface area is 113 Å². The SMILES string of the molecule is O=C1Nc2ccc(Br)cc2N2CCS(=O)(=O)CC12. The van der Waals surface area contributed by atoms with Gasteiger partial charge >= 0.3 is 0 Å². The normalized spacial score (nSPS) is 25.1. The van der Waals surface area contributed by atoms with Crippen molar-refractivity contribution in [3.8, 4) is 0 Å². The summed E-state index contributed by atoms with van der Waals surface area (Å²) >= 11 is 3.39. The van der Waals surface area contributed by atoms with Crippen LogP contribution in [0.4, 0.5) is 11.4 Å². The van der Waals surface area contributed by atoms with Crippen LogP contribution in [0.2, 0.25) is 0 Å². The van der Waals surface area contributed by atoms with Gasteiger partial charge in [-0.05, 0) is 18.2 Å². The second kappa shape index (κ2) is 3.96. The topological polar surface area (TPSA) is 66.5 Å². The second-order valence-corrected chi connectivity index (χ2v) is 7.62. The van der Waals surface area contributed by atoms with E-state index in [1.165, 1.54) is 0 Å². The van der Waals surface area contributed by atoms with E-state index < -0.39 is 15.9 Å². The molecule has 5 nitrogen and oxygen atoms in total. The van der Waals surface area contributed by atoms with Gasteiger partial charge in [0.05, 0.1) is 22.9 Å². The van der Waals surface area contributed by atoms with Crippen LogP contribution in [0, 0.1) is 0 Å². The highest BCUT2D eigenvalue weighted by atomic mass is 79.9. The van der Waals surface area contributed by atoms with E-state index in [4.69, 9.17) is 0 Å². The second-order valence-electron chi connectivity index (χ2n) is 4.47. The molecule has 7 heteroatoms. The highest BCUT2D eigenvalue weighted by molar-refractivity contribution is 9.10. The van der Waals surface area contributed by atoms with Crippen molar-refractivity contribution in [2.24, 2.45) is 0 Å². The Balaban J connectivity index is 2.07. The molecule has 1 amide bonds. The van der Waals surface area contributed by atoms with Crippen molar-refractivity contribution in [2.45, 2.75) is 6.04 Å². The lowest BCUT2D eigenvalue weighted by Crippen LogP contribution is -2.56. The lowest BCUT2D eigenvalue weighted by Gasteiger charge is -2.40. The number of nitrogens with zero attached hydrogens (tertiary/aromatic N) is 1. The Hall–Kier alpha value is -1.08. The fourth-order valence-electron chi connectivity index (χ4n) is 2.38. The van der Waals surface area contributed by atoms with Gasteiger partial charge in [0.15, 0.2) is 9.84 Å². The van der Waals surface area contributed by atoms with Crippen molar-refractivity contribution < 1.29 is 13.2 Å². The fraction of sp³-hybridized carbons (Fsp3) is 0.364. The number of carbonyl (C=O) groups is 1. The van der Waals surface area contributed by atoms with Crippen LogP contribution in [0.3, 0.4) is 0 Å². The van der Waals surface area contributed by atoms with E-state index in [1.54, 1.807) is 0 Å². The van der Waals surface area contributed by atoms with Crippen LogP contribution in [0.5, 0.6) is 0 Å². The standard InChI is InChI=1S/C11H11BrN2O3S/c12-7-1-2-8-9(5-7)14-3-4-18(16,17)6-10(14)11(15)13-8/h1-2,5,10H,3-4,6H2,(H,13,15). The molecular formula is C11H11BrN2O3S. The van der Waals surface area contributed by atoms with E-state index in [2.05, 4.69) is 21.2 Å². The van der Waals surface area contributed by atoms with Crippen LogP contribution in [-0.4, -0.2) is 38.4 Å². The van der Waals surface area contributed by atoms with Crippen LogP contribution in [0.15, 0.2) is 22.7 Å². The van der Waals surface area contributed by atoms with Crippen LogP contribution < -0.4 is 10.2 Å². The molecule has 0 radical (unpaired) electrons. The Morgan fingerprint density at radius 2 is 2.17 bits per heavy atom. The maximum absolute atomic E-state index is 11.9. The predicted molar refractivity (Wildman–Crippen MR) is 72.6 cm³/mol.